The molecule has 2 N–H and O–H groups in total. The predicted octanol–water partition coefficient (Wildman–Crippen LogP) is 3.72. The van der Waals surface area contributed by atoms with Gasteiger partial charge in [0.05, 0.1) is 17.8 Å². The highest BCUT2D eigenvalue weighted by atomic mass is 35.5. The molecule has 0 saturated carbocycles. The Kier molecular flexibility index (Phi) is 5.53. The van der Waals surface area contributed by atoms with E-state index in [0.29, 0.717) is 35.0 Å². The molecular weight excluding hydrogens is 366 g/mol. The number of aromatic amines is 1. The summed E-state index contributed by atoms with van der Waals surface area (Å²) in [5, 5.41) is 8.80. The molecule has 7 nitrogen and oxygen atoms in total. The molecule has 1 atom stereocenters. The smallest absolute Gasteiger partial charge is 0.263 e. The summed E-state index contributed by atoms with van der Waals surface area (Å²) in [7, 11) is 1.66. The molecule has 3 aromatic rings. The summed E-state index contributed by atoms with van der Waals surface area (Å²) >= 11 is 6.00. The second-order valence-electron chi connectivity index (χ2n) is 7.41. The molecule has 27 heavy (non-hydrogen) atoms. The van der Waals surface area contributed by atoms with Crippen molar-refractivity contribution >= 4 is 28.6 Å². The van der Waals surface area contributed by atoms with Crippen LogP contribution in [0.5, 0.6) is 0 Å². The standard InChI is InChI=1S/C19H24ClN5O2/c1-19(2,3)25-16-14(11-21-25)17(26)24-18(23-16)22-15(9-10-27-4)12-5-7-13(20)8-6-12/h5-8,11,15H,9-10H2,1-4H3,(H2,22,23,24,26). The first kappa shape index (κ1) is 19.4. The molecule has 144 valence electrons. The Bertz CT molecular complexity index is 972. The lowest BCUT2D eigenvalue weighted by molar-refractivity contribution is 0.190. The molecule has 0 amide bonds. The Hall–Kier alpha value is -2.38. The van der Waals surface area contributed by atoms with Gasteiger partial charge in [0.15, 0.2) is 5.65 Å². The number of halogens is 1. The molecule has 1 unspecified atom stereocenters. The normalized spacial score (nSPS) is 13.1. The Morgan fingerprint density at radius 2 is 2.00 bits per heavy atom. The van der Waals surface area contributed by atoms with Crippen LogP contribution in [0.15, 0.2) is 35.3 Å². The third-order valence-corrected chi connectivity index (χ3v) is 4.52. The Labute approximate surface area is 162 Å². The molecule has 0 radical (unpaired) electrons. The van der Waals surface area contributed by atoms with Crippen molar-refractivity contribution in [3.63, 3.8) is 0 Å². The lowest BCUT2D eigenvalue weighted by atomic mass is 10.0. The number of aromatic nitrogens is 4. The summed E-state index contributed by atoms with van der Waals surface area (Å²) in [6, 6.07) is 7.49. The highest BCUT2D eigenvalue weighted by Gasteiger charge is 2.21. The van der Waals surface area contributed by atoms with Crippen LogP contribution < -0.4 is 10.9 Å². The van der Waals surface area contributed by atoms with Crippen LogP contribution >= 0.6 is 11.6 Å². The van der Waals surface area contributed by atoms with Gasteiger partial charge in [-0.2, -0.15) is 10.1 Å². The summed E-state index contributed by atoms with van der Waals surface area (Å²) in [5.41, 5.74) is 1.07. The number of H-pyrrole nitrogens is 1. The molecule has 0 spiro atoms. The highest BCUT2D eigenvalue weighted by molar-refractivity contribution is 6.30. The topological polar surface area (TPSA) is 84.8 Å². The van der Waals surface area contributed by atoms with Crippen LogP contribution in [0.1, 0.15) is 38.8 Å². The Balaban J connectivity index is 1.99. The molecule has 2 heterocycles. The van der Waals surface area contributed by atoms with Gasteiger partial charge in [-0.3, -0.25) is 9.78 Å². The van der Waals surface area contributed by atoms with Gasteiger partial charge in [-0.25, -0.2) is 4.68 Å². The molecule has 0 aliphatic carbocycles. The van der Waals surface area contributed by atoms with E-state index in [0.717, 1.165) is 5.56 Å². The predicted molar refractivity (Wildman–Crippen MR) is 107 cm³/mol. The fraction of sp³-hybridized carbons (Fsp3) is 0.421. The van der Waals surface area contributed by atoms with E-state index in [4.69, 9.17) is 16.3 Å². The van der Waals surface area contributed by atoms with Gasteiger partial charge in [-0.05, 0) is 44.9 Å². The van der Waals surface area contributed by atoms with Crippen LogP contribution in [-0.2, 0) is 10.3 Å². The molecule has 0 bridgehead atoms. The minimum absolute atomic E-state index is 0.0891. The molecule has 0 aliphatic heterocycles. The van der Waals surface area contributed by atoms with Gasteiger partial charge in [0.2, 0.25) is 5.95 Å². The van der Waals surface area contributed by atoms with Gasteiger partial charge in [-0.1, -0.05) is 23.7 Å². The van der Waals surface area contributed by atoms with E-state index in [1.165, 1.54) is 0 Å². The van der Waals surface area contributed by atoms with Crippen LogP contribution in [0.3, 0.4) is 0 Å². The Morgan fingerprint density at radius 3 is 2.63 bits per heavy atom. The van der Waals surface area contributed by atoms with Crippen LogP contribution in [0.2, 0.25) is 5.02 Å². The number of ether oxygens (including phenoxy) is 1. The number of fused-ring (bicyclic) bond motifs is 1. The lowest BCUT2D eigenvalue weighted by Crippen LogP contribution is -2.24. The van der Waals surface area contributed by atoms with Crippen molar-refractivity contribution in [3.05, 3.63) is 51.4 Å². The quantitative estimate of drug-likeness (QED) is 0.671. The molecule has 0 saturated heterocycles. The Morgan fingerprint density at radius 1 is 1.30 bits per heavy atom. The minimum Gasteiger partial charge on any atom is -0.385 e. The maximum absolute atomic E-state index is 12.5. The summed E-state index contributed by atoms with van der Waals surface area (Å²) in [6.45, 7) is 6.62. The molecule has 1 aromatic carbocycles. The van der Waals surface area contributed by atoms with Gasteiger partial charge in [-0.15, -0.1) is 0 Å². The summed E-state index contributed by atoms with van der Waals surface area (Å²) < 4.78 is 6.99. The van der Waals surface area contributed by atoms with E-state index in [1.54, 1.807) is 18.0 Å². The first-order valence-corrected chi connectivity index (χ1v) is 9.17. The lowest BCUT2D eigenvalue weighted by Gasteiger charge is -2.21. The molecular formula is C19H24ClN5O2. The third-order valence-electron chi connectivity index (χ3n) is 4.27. The van der Waals surface area contributed by atoms with E-state index in [1.807, 2.05) is 45.0 Å². The number of benzene rings is 1. The zero-order valence-electron chi connectivity index (χ0n) is 15.9. The average Bonchev–Trinajstić information content (AvgIpc) is 3.04. The monoisotopic (exact) mass is 389 g/mol. The zero-order chi connectivity index (χ0) is 19.6. The van der Waals surface area contributed by atoms with Crippen molar-refractivity contribution in [1.29, 1.82) is 0 Å². The number of methoxy groups -OCH3 is 1. The number of nitrogens with zero attached hydrogens (tertiary/aromatic N) is 3. The molecule has 2 aromatic heterocycles. The second-order valence-corrected chi connectivity index (χ2v) is 7.85. The van der Waals surface area contributed by atoms with Crippen molar-refractivity contribution in [2.45, 2.75) is 38.8 Å². The minimum atomic E-state index is -0.286. The van der Waals surface area contributed by atoms with E-state index in [-0.39, 0.29) is 17.1 Å². The summed E-state index contributed by atoms with van der Waals surface area (Å²) in [5.74, 6) is 0.398. The van der Waals surface area contributed by atoms with E-state index >= 15 is 0 Å². The van der Waals surface area contributed by atoms with Gasteiger partial charge in [0.25, 0.3) is 5.56 Å². The number of anilines is 1. The van der Waals surface area contributed by atoms with E-state index < -0.39 is 0 Å². The van der Waals surface area contributed by atoms with Crippen molar-refractivity contribution in [3.8, 4) is 0 Å². The summed E-state index contributed by atoms with van der Waals surface area (Å²) in [4.78, 5) is 19.9. The zero-order valence-corrected chi connectivity index (χ0v) is 16.7. The fourth-order valence-electron chi connectivity index (χ4n) is 2.90. The number of rotatable bonds is 6. The fourth-order valence-corrected chi connectivity index (χ4v) is 3.02. The second kappa shape index (κ2) is 7.70. The molecule has 0 fully saturated rings. The van der Waals surface area contributed by atoms with Gasteiger partial charge >= 0.3 is 0 Å². The maximum Gasteiger partial charge on any atom is 0.263 e. The first-order valence-electron chi connectivity index (χ1n) is 8.79. The average molecular weight is 390 g/mol. The number of nitrogens with one attached hydrogen (secondary N) is 2. The van der Waals surface area contributed by atoms with Gasteiger partial charge < -0.3 is 10.1 Å². The van der Waals surface area contributed by atoms with Crippen molar-refractivity contribution in [2.75, 3.05) is 19.0 Å². The summed E-state index contributed by atoms with van der Waals surface area (Å²) in [6.07, 6.45) is 2.26. The van der Waals surface area contributed by atoms with Crippen LogP contribution in [-0.4, -0.2) is 33.5 Å². The number of hydrogen-bond donors (Lipinski definition) is 2. The number of hydrogen-bond acceptors (Lipinski definition) is 5. The van der Waals surface area contributed by atoms with Gasteiger partial charge in [0.1, 0.15) is 5.39 Å². The van der Waals surface area contributed by atoms with Crippen molar-refractivity contribution in [2.24, 2.45) is 0 Å². The molecule has 0 aliphatic rings. The third kappa shape index (κ3) is 4.31. The van der Waals surface area contributed by atoms with Crippen LogP contribution in [0.4, 0.5) is 5.95 Å². The molecule has 8 heteroatoms. The van der Waals surface area contributed by atoms with E-state index in [2.05, 4.69) is 20.4 Å². The van der Waals surface area contributed by atoms with E-state index in [9.17, 15) is 4.79 Å². The van der Waals surface area contributed by atoms with Crippen molar-refractivity contribution in [1.82, 2.24) is 19.7 Å². The largest absolute Gasteiger partial charge is 0.385 e. The van der Waals surface area contributed by atoms with Crippen LogP contribution in [0, 0.1) is 0 Å². The highest BCUT2D eigenvalue weighted by Crippen LogP contribution is 2.24. The van der Waals surface area contributed by atoms with Crippen LogP contribution in [0.25, 0.3) is 11.0 Å². The SMILES string of the molecule is COCCC(Nc1nc2c(cnn2C(C)(C)C)c(=O)[nH]1)c1ccc(Cl)cc1. The van der Waals surface area contributed by atoms with Crippen molar-refractivity contribution < 1.29 is 4.74 Å². The maximum atomic E-state index is 12.5. The first-order chi connectivity index (χ1) is 12.8. The molecule has 3 rings (SSSR count). The van der Waals surface area contributed by atoms with Gasteiger partial charge in [0, 0.05) is 18.7 Å².